The van der Waals surface area contributed by atoms with E-state index >= 15 is 0 Å². The minimum absolute atomic E-state index is 0.0438. The lowest BCUT2D eigenvalue weighted by Crippen LogP contribution is -2.70. The van der Waals surface area contributed by atoms with E-state index < -0.39 is 122 Å². The Bertz CT molecular complexity index is 1030. The molecule has 20 nitrogen and oxygen atoms in total. The number of hydrogen-bond donors (Lipinski definition) is 13. The van der Waals surface area contributed by atoms with Gasteiger partial charge < -0.3 is 87.2 Å². The van der Waals surface area contributed by atoms with Crippen LogP contribution in [0.2, 0.25) is 0 Å². The average Bonchev–Trinajstić information content (AvgIpc) is 2.99. The highest BCUT2D eigenvalue weighted by Gasteiger charge is 2.54. The van der Waals surface area contributed by atoms with Crippen LogP contribution in [-0.2, 0) is 33.3 Å². The molecule has 0 aromatic heterocycles. The molecule has 3 rings (SSSR count). The summed E-state index contributed by atoms with van der Waals surface area (Å²) in [5.41, 5.74) is 11.1. The minimum Gasteiger partial charge on any atom is -0.394 e. The van der Waals surface area contributed by atoms with Crippen LogP contribution in [0.3, 0.4) is 0 Å². The zero-order valence-electron chi connectivity index (χ0n) is 25.4. The monoisotopic (exact) mass is 669 g/mol. The molecule has 2 heterocycles. The molecule has 15 N–H and O–H groups in total. The second-order valence-electron chi connectivity index (χ2n) is 11.6. The van der Waals surface area contributed by atoms with E-state index in [1.807, 2.05) is 0 Å². The maximum absolute atomic E-state index is 12.8. The van der Waals surface area contributed by atoms with Gasteiger partial charge in [-0.05, 0) is 19.4 Å². The lowest BCUT2D eigenvalue weighted by atomic mass is 9.82. The molecule has 2 saturated heterocycles. The topological polar surface area (TPSA) is 338 Å². The van der Waals surface area contributed by atoms with Gasteiger partial charge in [0.15, 0.2) is 12.6 Å². The first kappa shape index (κ1) is 38.3. The maximum atomic E-state index is 12.8. The summed E-state index contributed by atoms with van der Waals surface area (Å²) in [5.74, 6) is -2.16. The number of ether oxygens (including phenoxy) is 4. The van der Waals surface area contributed by atoms with E-state index in [1.165, 1.54) is 0 Å². The van der Waals surface area contributed by atoms with Crippen LogP contribution >= 0.6 is 0 Å². The number of hydrogen-bond acceptors (Lipinski definition) is 17. The first-order valence-electron chi connectivity index (χ1n) is 14.9. The van der Waals surface area contributed by atoms with Crippen molar-refractivity contribution in [3.8, 4) is 0 Å². The van der Waals surface area contributed by atoms with Gasteiger partial charge in [-0.15, -0.1) is 0 Å². The quantitative estimate of drug-likeness (QED) is 0.0917. The molecule has 3 amide bonds. The molecule has 0 radical (unpaired) electrons. The Morgan fingerprint density at radius 1 is 0.761 bits per heavy atom. The third-order valence-corrected chi connectivity index (χ3v) is 8.17. The van der Waals surface area contributed by atoms with Crippen LogP contribution in [-0.4, -0.2) is 176 Å². The fourth-order valence-electron chi connectivity index (χ4n) is 5.80. The third-order valence-electron chi connectivity index (χ3n) is 8.17. The average molecular weight is 670 g/mol. The number of carbonyl (C=O) groups is 3. The molecule has 2 aliphatic heterocycles. The second-order valence-corrected chi connectivity index (χ2v) is 11.6. The van der Waals surface area contributed by atoms with Crippen molar-refractivity contribution in [1.29, 1.82) is 0 Å². The minimum atomic E-state index is -1.87. The summed E-state index contributed by atoms with van der Waals surface area (Å²) >= 11 is 0. The molecule has 1 saturated carbocycles. The maximum Gasteiger partial charge on any atom is 0.249 e. The number of nitrogens with two attached hydrogens (primary N) is 2. The van der Waals surface area contributed by atoms with Gasteiger partial charge in [0.05, 0.1) is 24.7 Å². The number of aliphatic hydroxyl groups excluding tert-OH is 8. The predicted octanol–water partition coefficient (Wildman–Crippen LogP) is -8.07. The van der Waals surface area contributed by atoms with Crippen molar-refractivity contribution in [1.82, 2.24) is 16.0 Å². The van der Waals surface area contributed by atoms with E-state index in [0.29, 0.717) is 0 Å². The largest absolute Gasteiger partial charge is 0.394 e. The number of carbonyl (C=O) groups excluding carboxylic acids is 3. The molecule has 16 atom stereocenters. The van der Waals surface area contributed by atoms with Crippen LogP contribution in [0, 0.1) is 0 Å². The van der Waals surface area contributed by atoms with Gasteiger partial charge in [0.2, 0.25) is 17.7 Å². The Balaban J connectivity index is 1.98. The predicted molar refractivity (Wildman–Crippen MR) is 151 cm³/mol. The normalized spacial score (nSPS) is 42.1. The number of nitrogens with one attached hydrogen (secondary N) is 3. The standard InChI is InChI=1S/C26H47N5O15/c1-8(33)29-10-5-11(31-24(42)12(35)3-4-27)23(45-25-18(38)15(30-9(2)34)16(36)14(7-32)44-25)21(41)22(10)46-26-20(40)19(39)17(37)13(6-28)43-26/h10-23,25-26,32,35-41H,3-7,27-28H2,1-2H3,(H,29,33)(H,30,34)(H,31,42)/t10-,11+,12-,13+,14+,15-,16+,17+,18+,19-,20+,21-,22+,23-,25+,26+/m0/s1. The van der Waals surface area contributed by atoms with Crippen molar-refractivity contribution < 1.29 is 74.2 Å². The highest BCUT2D eigenvalue weighted by Crippen LogP contribution is 2.33. The lowest BCUT2D eigenvalue weighted by Gasteiger charge is -2.49. The van der Waals surface area contributed by atoms with Crippen molar-refractivity contribution in [2.75, 3.05) is 19.7 Å². The van der Waals surface area contributed by atoms with Crippen LogP contribution in [0.5, 0.6) is 0 Å². The van der Waals surface area contributed by atoms with Gasteiger partial charge in [-0.2, -0.15) is 0 Å². The van der Waals surface area contributed by atoms with Crippen LogP contribution in [0.1, 0.15) is 26.7 Å². The molecule has 0 aromatic carbocycles. The molecule has 46 heavy (non-hydrogen) atoms. The summed E-state index contributed by atoms with van der Waals surface area (Å²) in [7, 11) is 0. The van der Waals surface area contributed by atoms with Gasteiger partial charge in [-0.25, -0.2) is 0 Å². The molecular formula is C26H47N5O15. The highest BCUT2D eigenvalue weighted by molar-refractivity contribution is 5.81. The third kappa shape index (κ3) is 8.85. The molecule has 0 spiro atoms. The van der Waals surface area contributed by atoms with Crippen LogP contribution in [0.4, 0.5) is 0 Å². The van der Waals surface area contributed by atoms with Gasteiger partial charge in [0.1, 0.15) is 67.1 Å². The fraction of sp³-hybridized carbons (Fsp3) is 0.885. The highest BCUT2D eigenvalue weighted by atomic mass is 16.7. The molecule has 1 aliphatic carbocycles. The van der Waals surface area contributed by atoms with E-state index in [1.54, 1.807) is 0 Å². The zero-order chi connectivity index (χ0) is 34.5. The lowest BCUT2D eigenvalue weighted by molar-refractivity contribution is -0.334. The van der Waals surface area contributed by atoms with E-state index in [0.717, 1.165) is 13.8 Å². The van der Waals surface area contributed by atoms with Gasteiger partial charge in [0.25, 0.3) is 0 Å². The summed E-state index contributed by atoms with van der Waals surface area (Å²) in [4.78, 5) is 36.8. The van der Waals surface area contributed by atoms with Crippen LogP contribution < -0.4 is 27.4 Å². The van der Waals surface area contributed by atoms with Crippen LogP contribution in [0.15, 0.2) is 0 Å². The Morgan fingerprint density at radius 3 is 1.83 bits per heavy atom. The van der Waals surface area contributed by atoms with Crippen molar-refractivity contribution >= 4 is 17.7 Å². The Kier molecular flexibility index (Phi) is 14.0. The second kappa shape index (κ2) is 16.8. The molecular weight excluding hydrogens is 622 g/mol. The molecule has 20 heteroatoms. The van der Waals surface area contributed by atoms with E-state index in [9.17, 15) is 55.2 Å². The number of aliphatic hydroxyl groups is 8. The first-order valence-corrected chi connectivity index (χ1v) is 14.9. The Labute approximate surface area is 263 Å². The molecule has 266 valence electrons. The SMILES string of the molecule is CC(=O)N[C@@H]1[C@@H](O)[C@@H](O[C@@H]2[C@@H](O)[C@H](O[C@H]3O[C@H](CN)[C@@H](O)[C@H](O)[C@H]3O)[C@@H](NC(C)=O)C[C@H]2NC(=O)[C@@H](O)CCN)O[C@H](CO)[C@H]1O. The van der Waals surface area contributed by atoms with Crippen molar-refractivity contribution in [3.05, 3.63) is 0 Å². The molecule has 0 bridgehead atoms. The van der Waals surface area contributed by atoms with Crippen LogP contribution in [0.25, 0.3) is 0 Å². The molecule has 3 fully saturated rings. The zero-order valence-corrected chi connectivity index (χ0v) is 25.4. The molecule has 0 aromatic rings. The van der Waals surface area contributed by atoms with Crippen molar-refractivity contribution in [3.63, 3.8) is 0 Å². The molecule has 3 aliphatic rings. The Morgan fingerprint density at radius 2 is 1.30 bits per heavy atom. The van der Waals surface area contributed by atoms with Crippen molar-refractivity contribution in [2.24, 2.45) is 11.5 Å². The smallest absolute Gasteiger partial charge is 0.249 e. The summed E-state index contributed by atoms with van der Waals surface area (Å²) in [6, 6.07) is -3.79. The van der Waals surface area contributed by atoms with E-state index in [-0.39, 0.29) is 25.9 Å². The summed E-state index contributed by atoms with van der Waals surface area (Å²) < 4.78 is 22.9. The van der Waals surface area contributed by atoms with E-state index in [2.05, 4.69) is 16.0 Å². The Hall–Kier alpha value is -2.15. The van der Waals surface area contributed by atoms with E-state index in [4.69, 9.17) is 30.4 Å². The fourth-order valence-corrected chi connectivity index (χ4v) is 5.80. The summed E-state index contributed by atoms with van der Waals surface area (Å²) in [6.07, 6.45) is -21.5. The van der Waals surface area contributed by atoms with Crippen molar-refractivity contribution in [2.45, 2.75) is 125 Å². The molecule has 0 unspecified atom stereocenters. The van der Waals surface area contributed by atoms with Gasteiger partial charge >= 0.3 is 0 Å². The number of amides is 3. The van der Waals surface area contributed by atoms with Gasteiger partial charge in [-0.1, -0.05) is 0 Å². The number of rotatable bonds is 12. The van der Waals surface area contributed by atoms with Gasteiger partial charge in [-0.3, -0.25) is 14.4 Å². The summed E-state index contributed by atoms with van der Waals surface area (Å²) in [5, 5.41) is 91.8. The summed E-state index contributed by atoms with van der Waals surface area (Å²) in [6.45, 7) is 1.18. The first-order chi connectivity index (χ1) is 21.6. The van der Waals surface area contributed by atoms with Gasteiger partial charge in [0, 0.05) is 20.4 Å².